The predicted octanol–water partition coefficient (Wildman–Crippen LogP) is 1.62. The third-order valence-corrected chi connectivity index (χ3v) is 5.75. The first-order chi connectivity index (χ1) is 13.3. The molecule has 0 spiro atoms. The topological polar surface area (TPSA) is 95.7 Å². The molecule has 1 aliphatic carbocycles. The number of aryl methyl sites for hydroxylation is 1. The molecule has 0 bridgehead atoms. The number of hydrogen-bond donors (Lipinski definition) is 2. The number of carbonyl (C=O) groups is 2. The maximum absolute atomic E-state index is 14.5. The van der Waals surface area contributed by atoms with E-state index in [2.05, 4.69) is 5.10 Å². The van der Waals surface area contributed by atoms with E-state index in [-0.39, 0.29) is 23.0 Å². The molecule has 0 saturated carbocycles. The summed E-state index contributed by atoms with van der Waals surface area (Å²) in [5.74, 6) is -1.91. The SMILES string of the molecule is Cn1nc(-c2ccc(C(=O)O)cc2F)c2c1CC(C(=O)N1CCC(O)C1)CC2. The molecule has 148 valence electrons. The Labute approximate surface area is 161 Å². The van der Waals surface area contributed by atoms with Gasteiger partial charge in [-0.3, -0.25) is 9.48 Å². The Morgan fingerprint density at radius 2 is 2.07 bits per heavy atom. The first-order valence-corrected chi connectivity index (χ1v) is 9.40. The summed E-state index contributed by atoms with van der Waals surface area (Å²) in [5, 5.41) is 23.2. The Hall–Kier alpha value is -2.74. The molecule has 1 aromatic heterocycles. The van der Waals surface area contributed by atoms with Gasteiger partial charge in [0.15, 0.2) is 0 Å². The highest BCUT2D eigenvalue weighted by atomic mass is 19.1. The third-order valence-electron chi connectivity index (χ3n) is 5.75. The van der Waals surface area contributed by atoms with Crippen molar-refractivity contribution in [3.8, 4) is 11.3 Å². The number of carboxylic acids is 1. The van der Waals surface area contributed by atoms with Crippen LogP contribution in [0.4, 0.5) is 4.39 Å². The number of rotatable bonds is 3. The molecular formula is C20H22FN3O4. The van der Waals surface area contributed by atoms with E-state index in [4.69, 9.17) is 5.11 Å². The second kappa shape index (κ2) is 7.01. The van der Waals surface area contributed by atoms with E-state index in [1.54, 1.807) is 16.6 Å². The monoisotopic (exact) mass is 387 g/mol. The normalized spacial score (nSPS) is 21.6. The van der Waals surface area contributed by atoms with Gasteiger partial charge in [0.05, 0.1) is 17.4 Å². The summed E-state index contributed by atoms with van der Waals surface area (Å²) in [6.07, 6.45) is 1.95. The van der Waals surface area contributed by atoms with Crippen molar-refractivity contribution < 1.29 is 24.2 Å². The smallest absolute Gasteiger partial charge is 0.335 e. The lowest BCUT2D eigenvalue weighted by Crippen LogP contribution is -2.37. The van der Waals surface area contributed by atoms with Crippen LogP contribution in [0.1, 0.15) is 34.5 Å². The van der Waals surface area contributed by atoms with Crippen molar-refractivity contribution in [2.75, 3.05) is 13.1 Å². The number of carboxylic acid groups (broad SMARTS) is 1. The van der Waals surface area contributed by atoms with E-state index < -0.39 is 17.9 Å². The van der Waals surface area contributed by atoms with Crippen LogP contribution in [0, 0.1) is 11.7 Å². The van der Waals surface area contributed by atoms with E-state index in [0.29, 0.717) is 44.5 Å². The van der Waals surface area contributed by atoms with Gasteiger partial charge in [-0.1, -0.05) is 0 Å². The van der Waals surface area contributed by atoms with Crippen molar-refractivity contribution in [2.45, 2.75) is 31.8 Å². The molecule has 2 aliphatic rings. The molecule has 2 atom stereocenters. The highest BCUT2D eigenvalue weighted by Crippen LogP contribution is 2.35. The first kappa shape index (κ1) is 18.6. The summed E-state index contributed by atoms with van der Waals surface area (Å²) >= 11 is 0. The number of hydrogen-bond acceptors (Lipinski definition) is 4. The van der Waals surface area contributed by atoms with Crippen molar-refractivity contribution in [1.82, 2.24) is 14.7 Å². The van der Waals surface area contributed by atoms with E-state index in [0.717, 1.165) is 17.3 Å². The van der Waals surface area contributed by atoms with Gasteiger partial charge in [0, 0.05) is 49.3 Å². The second-order valence-corrected chi connectivity index (χ2v) is 7.56. The fourth-order valence-corrected chi connectivity index (χ4v) is 4.24. The average Bonchev–Trinajstić information content (AvgIpc) is 3.24. The van der Waals surface area contributed by atoms with Gasteiger partial charge in [0.2, 0.25) is 5.91 Å². The van der Waals surface area contributed by atoms with Crippen LogP contribution in [0.5, 0.6) is 0 Å². The largest absolute Gasteiger partial charge is 0.478 e. The molecule has 2 aromatic rings. The van der Waals surface area contributed by atoms with Crippen LogP contribution < -0.4 is 0 Å². The summed E-state index contributed by atoms with van der Waals surface area (Å²) < 4.78 is 16.2. The minimum absolute atomic E-state index is 0.0574. The molecular weight excluding hydrogens is 365 g/mol. The molecule has 2 unspecified atom stereocenters. The molecule has 4 rings (SSSR count). The van der Waals surface area contributed by atoms with Crippen LogP contribution in [0.15, 0.2) is 18.2 Å². The zero-order chi connectivity index (χ0) is 20.0. The maximum Gasteiger partial charge on any atom is 0.335 e. The molecule has 1 fully saturated rings. The van der Waals surface area contributed by atoms with Crippen molar-refractivity contribution in [3.05, 3.63) is 40.8 Å². The Balaban J connectivity index is 1.61. The molecule has 28 heavy (non-hydrogen) atoms. The Kier molecular flexibility index (Phi) is 4.66. The van der Waals surface area contributed by atoms with Crippen molar-refractivity contribution in [2.24, 2.45) is 13.0 Å². The van der Waals surface area contributed by atoms with Gasteiger partial charge in [-0.15, -0.1) is 0 Å². The van der Waals surface area contributed by atoms with Gasteiger partial charge in [0.1, 0.15) is 5.82 Å². The number of aliphatic hydroxyl groups is 1. The molecule has 0 radical (unpaired) electrons. The number of likely N-dealkylation sites (tertiary alicyclic amines) is 1. The van der Waals surface area contributed by atoms with Crippen LogP contribution >= 0.6 is 0 Å². The van der Waals surface area contributed by atoms with Gasteiger partial charge in [-0.25, -0.2) is 9.18 Å². The molecule has 8 heteroatoms. The summed E-state index contributed by atoms with van der Waals surface area (Å²) in [4.78, 5) is 25.5. The van der Waals surface area contributed by atoms with Crippen molar-refractivity contribution in [3.63, 3.8) is 0 Å². The predicted molar refractivity (Wildman–Crippen MR) is 98.3 cm³/mol. The fourth-order valence-electron chi connectivity index (χ4n) is 4.24. The molecule has 7 nitrogen and oxygen atoms in total. The first-order valence-electron chi connectivity index (χ1n) is 9.40. The van der Waals surface area contributed by atoms with E-state index >= 15 is 0 Å². The number of carbonyl (C=O) groups excluding carboxylic acids is 1. The number of halogens is 1. The molecule has 1 aromatic carbocycles. The number of aromatic carboxylic acids is 1. The number of amides is 1. The molecule has 1 amide bonds. The molecule has 1 saturated heterocycles. The van der Waals surface area contributed by atoms with E-state index in [9.17, 15) is 19.1 Å². The van der Waals surface area contributed by atoms with Gasteiger partial charge in [-0.2, -0.15) is 5.10 Å². The summed E-state index contributed by atoms with van der Waals surface area (Å²) in [5.41, 5.74) is 2.49. The lowest BCUT2D eigenvalue weighted by molar-refractivity contribution is -0.135. The quantitative estimate of drug-likeness (QED) is 0.835. The standard InChI is InChI=1S/C20H22FN3O4/c1-23-17-9-11(19(26)24-7-6-13(25)10-24)2-5-15(17)18(22-23)14-4-3-12(20(27)28)8-16(14)21/h3-4,8,11,13,25H,2,5-7,9-10H2,1H3,(H,27,28). The van der Waals surface area contributed by atoms with Crippen LogP contribution in [-0.4, -0.2) is 56.0 Å². The molecule has 1 aliphatic heterocycles. The number of benzene rings is 1. The summed E-state index contributed by atoms with van der Waals surface area (Å²) in [6.45, 7) is 0.973. The second-order valence-electron chi connectivity index (χ2n) is 7.56. The highest BCUT2D eigenvalue weighted by molar-refractivity contribution is 5.88. The Bertz CT molecular complexity index is 955. The maximum atomic E-state index is 14.5. The van der Waals surface area contributed by atoms with Crippen LogP contribution in [0.3, 0.4) is 0 Å². The Morgan fingerprint density at radius 3 is 2.71 bits per heavy atom. The van der Waals surface area contributed by atoms with Crippen molar-refractivity contribution >= 4 is 11.9 Å². The summed E-state index contributed by atoms with van der Waals surface area (Å²) in [6, 6.07) is 3.83. The third kappa shape index (κ3) is 3.17. The highest BCUT2D eigenvalue weighted by Gasteiger charge is 2.35. The number of aromatic nitrogens is 2. The average molecular weight is 387 g/mol. The lowest BCUT2D eigenvalue weighted by atomic mass is 9.85. The van der Waals surface area contributed by atoms with Crippen LogP contribution in [0.2, 0.25) is 0 Å². The minimum atomic E-state index is -1.18. The zero-order valence-electron chi connectivity index (χ0n) is 15.6. The zero-order valence-corrected chi connectivity index (χ0v) is 15.6. The van der Waals surface area contributed by atoms with Crippen LogP contribution in [-0.2, 0) is 24.7 Å². The van der Waals surface area contributed by atoms with Crippen LogP contribution in [0.25, 0.3) is 11.3 Å². The van der Waals surface area contributed by atoms with E-state index in [1.807, 2.05) is 0 Å². The number of β-amino-alcohol motifs (C(OH)–C–C–N with tert-alkyl or cyclic N) is 1. The molecule has 2 heterocycles. The van der Waals surface area contributed by atoms with Gasteiger partial charge in [0.25, 0.3) is 0 Å². The van der Waals surface area contributed by atoms with E-state index in [1.165, 1.54) is 12.1 Å². The van der Waals surface area contributed by atoms with Gasteiger partial charge < -0.3 is 15.1 Å². The van der Waals surface area contributed by atoms with Gasteiger partial charge >= 0.3 is 5.97 Å². The lowest BCUT2D eigenvalue weighted by Gasteiger charge is -2.26. The summed E-state index contributed by atoms with van der Waals surface area (Å²) in [7, 11) is 1.78. The van der Waals surface area contributed by atoms with Gasteiger partial charge in [-0.05, 0) is 37.5 Å². The number of nitrogens with zero attached hydrogens (tertiary/aromatic N) is 3. The number of fused-ring (bicyclic) bond motifs is 1. The molecule has 2 N–H and O–H groups in total. The van der Waals surface area contributed by atoms with Crippen molar-refractivity contribution in [1.29, 1.82) is 0 Å². The fraction of sp³-hybridized carbons (Fsp3) is 0.450. The number of aliphatic hydroxyl groups excluding tert-OH is 1. The Morgan fingerprint density at radius 1 is 1.29 bits per heavy atom. The minimum Gasteiger partial charge on any atom is -0.478 e.